The van der Waals surface area contributed by atoms with E-state index in [9.17, 15) is 4.79 Å². The first-order valence-electron chi connectivity index (χ1n) is 7.76. The number of hydrogen-bond donors (Lipinski definition) is 0. The Morgan fingerprint density at radius 1 is 1.14 bits per heavy atom. The largest absolute Gasteiger partial charge is 0.487 e. The van der Waals surface area contributed by atoms with E-state index in [-0.39, 0.29) is 11.2 Å². The molecule has 3 nitrogen and oxygen atoms in total. The summed E-state index contributed by atoms with van der Waals surface area (Å²) in [6.45, 7) is 6.23. The van der Waals surface area contributed by atoms with Crippen LogP contribution in [-0.2, 0) is 19.3 Å². The second kappa shape index (κ2) is 4.12. The maximum atomic E-state index is 12.2. The van der Waals surface area contributed by atoms with Gasteiger partial charge in [-0.2, -0.15) is 0 Å². The highest BCUT2D eigenvalue weighted by molar-refractivity contribution is 5.87. The molecule has 0 amide bonds. The minimum absolute atomic E-state index is 0.150. The summed E-state index contributed by atoms with van der Waals surface area (Å²) < 4.78 is 11.8. The van der Waals surface area contributed by atoms with E-state index in [0.29, 0.717) is 0 Å². The van der Waals surface area contributed by atoms with Gasteiger partial charge in [0, 0.05) is 16.5 Å². The van der Waals surface area contributed by atoms with Crippen molar-refractivity contribution in [3.63, 3.8) is 0 Å². The molecule has 0 radical (unpaired) electrons. The van der Waals surface area contributed by atoms with Crippen molar-refractivity contribution in [1.82, 2.24) is 0 Å². The summed E-state index contributed by atoms with van der Waals surface area (Å²) in [4.78, 5) is 12.2. The van der Waals surface area contributed by atoms with E-state index in [2.05, 4.69) is 19.9 Å². The van der Waals surface area contributed by atoms with Crippen molar-refractivity contribution in [2.24, 2.45) is 0 Å². The molecule has 3 heteroatoms. The van der Waals surface area contributed by atoms with E-state index in [1.165, 1.54) is 11.1 Å². The molecular weight excluding hydrogens is 264 g/mol. The minimum Gasteiger partial charge on any atom is -0.487 e. The minimum atomic E-state index is -0.159. The molecule has 2 aliphatic rings. The molecule has 0 fully saturated rings. The SMILES string of the molecule is Cc1c2c(cc3c4c(c(=O)oc13)CCC4)CCC(C)(C)O2. The smallest absolute Gasteiger partial charge is 0.339 e. The first-order chi connectivity index (χ1) is 9.96. The molecule has 2 aromatic rings. The van der Waals surface area contributed by atoms with Crippen LogP contribution in [-0.4, -0.2) is 5.60 Å². The van der Waals surface area contributed by atoms with Crippen LogP contribution in [0, 0.1) is 6.92 Å². The van der Waals surface area contributed by atoms with Crippen molar-refractivity contribution in [2.45, 2.75) is 58.5 Å². The summed E-state index contributed by atoms with van der Waals surface area (Å²) >= 11 is 0. The number of aryl methyl sites for hydroxylation is 3. The van der Waals surface area contributed by atoms with Crippen molar-refractivity contribution in [3.05, 3.63) is 38.7 Å². The Labute approximate surface area is 123 Å². The quantitative estimate of drug-likeness (QED) is 0.693. The molecule has 1 aromatic heterocycles. The molecule has 1 aliphatic carbocycles. The average molecular weight is 284 g/mol. The highest BCUT2D eigenvalue weighted by Crippen LogP contribution is 2.41. The lowest BCUT2D eigenvalue weighted by atomic mass is 9.90. The fourth-order valence-electron chi connectivity index (χ4n) is 3.72. The van der Waals surface area contributed by atoms with Gasteiger partial charge < -0.3 is 9.15 Å². The maximum Gasteiger partial charge on any atom is 0.339 e. The number of rotatable bonds is 0. The van der Waals surface area contributed by atoms with Gasteiger partial charge in [-0.15, -0.1) is 0 Å². The van der Waals surface area contributed by atoms with E-state index in [1.807, 2.05) is 6.92 Å². The highest BCUT2D eigenvalue weighted by atomic mass is 16.5. The molecule has 0 N–H and O–H groups in total. The van der Waals surface area contributed by atoms with Gasteiger partial charge in [-0.1, -0.05) is 0 Å². The molecule has 0 bridgehead atoms. The van der Waals surface area contributed by atoms with E-state index < -0.39 is 0 Å². The topological polar surface area (TPSA) is 39.4 Å². The first-order valence-corrected chi connectivity index (χ1v) is 7.76. The Bertz CT molecular complexity index is 812. The zero-order valence-electron chi connectivity index (χ0n) is 12.8. The van der Waals surface area contributed by atoms with Gasteiger partial charge in [-0.25, -0.2) is 4.79 Å². The Kier molecular flexibility index (Phi) is 2.54. The third kappa shape index (κ3) is 1.83. The van der Waals surface area contributed by atoms with Crippen LogP contribution in [0.2, 0.25) is 0 Å². The lowest BCUT2D eigenvalue weighted by Gasteiger charge is -2.33. The van der Waals surface area contributed by atoms with Crippen LogP contribution in [0.1, 0.15) is 48.9 Å². The van der Waals surface area contributed by atoms with Crippen LogP contribution in [0.4, 0.5) is 0 Å². The number of fused-ring (bicyclic) bond motifs is 4. The Morgan fingerprint density at radius 3 is 2.71 bits per heavy atom. The number of hydrogen-bond acceptors (Lipinski definition) is 3. The van der Waals surface area contributed by atoms with Gasteiger partial charge in [0.1, 0.15) is 16.9 Å². The molecule has 2 heterocycles. The summed E-state index contributed by atoms with van der Waals surface area (Å²) in [7, 11) is 0. The normalized spacial score (nSPS) is 19.2. The van der Waals surface area contributed by atoms with Gasteiger partial charge in [0.05, 0.1) is 0 Å². The van der Waals surface area contributed by atoms with E-state index in [0.717, 1.165) is 59.9 Å². The van der Waals surface area contributed by atoms with Crippen molar-refractivity contribution >= 4 is 11.0 Å². The molecule has 110 valence electrons. The fraction of sp³-hybridized carbons (Fsp3) is 0.500. The predicted molar refractivity (Wildman–Crippen MR) is 82.3 cm³/mol. The molecule has 1 aromatic carbocycles. The van der Waals surface area contributed by atoms with Crippen LogP contribution in [0.25, 0.3) is 11.0 Å². The Morgan fingerprint density at radius 2 is 1.90 bits per heavy atom. The molecule has 4 rings (SSSR count). The number of ether oxygens (including phenoxy) is 1. The molecule has 0 atom stereocenters. The summed E-state index contributed by atoms with van der Waals surface area (Å²) in [6.07, 6.45) is 4.94. The van der Waals surface area contributed by atoms with Gasteiger partial charge in [0.25, 0.3) is 0 Å². The van der Waals surface area contributed by atoms with Crippen LogP contribution in [0.5, 0.6) is 5.75 Å². The fourth-order valence-corrected chi connectivity index (χ4v) is 3.72. The van der Waals surface area contributed by atoms with Gasteiger partial charge >= 0.3 is 5.63 Å². The summed E-state index contributed by atoms with van der Waals surface area (Å²) in [6, 6.07) is 2.19. The van der Waals surface area contributed by atoms with Crippen molar-refractivity contribution in [1.29, 1.82) is 0 Å². The Balaban J connectivity index is 2.05. The first kappa shape index (κ1) is 12.9. The molecule has 0 saturated heterocycles. The average Bonchev–Trinajstić information content (AvgIpc) is 2.91. The van der Waals surface area contributed by atoms with Crippen LogP contribution >= 0.6 is 0 Å². The Hall–Kier alpha value is -1.77. The zero-order chi connectivity index (χ0) is 14.8. The summed E-state index contributed by atoms with van der Waals surface area (Å²) in [5, 5.41) is 1.13. The molecule has 0 unspecified atom stereocenters. The third-order valence-electron chi connectivity index (χ3n) is 4.89. The predicted octanol–water partition coefficient (Wildman–Crippen LogP) is 3.69. The van der Waals surface area contributed by atoms with E-state index in [1.54, 1.807) is 0 Å². The second-order valence-corrected chi connectivity index (χ2v) is 6.93. The molecule has 21 heavy (non-hydrogen) atoms. The standard InChI is InChI=1S/C18H20O3/c1-10-15-11(7-8-18(2,3)21-15)9-14-12-5-4-6-13(12)17(19)20-16(10)14/h9H,4-8H2,1-3H3. The van der Waals surface area contributed by atoms with Crippen molar-refractivity contribution in [2.75, 3.05) is 0 Å². The van der Waals surface area contributed by atoms with Gasteiger partial charge in [0.15, 0.2) is 0 Å². The summed E-state index contributed by atoms with van der Waals surface area (Å²) in [5.41, 5.74) is 4.73. The number of benzene rings is 1. The highest BCUT2D eigenvalue weighted by Gasteiger charge is 2.30. The van der Waals surface area contributed by atoms with Gasteiger partial charge in [0.2, 0.25) is 0 Å². The molecular formula is C18H20O3. The third-order valence-corrected chi connectivity index (χ3v) is 4.89. The lowest BCUT2D eigenvalue weighted by molar-refractivity contribution is 0.0838. The van der Waals surface area contributed by atoms with Crippen LogP contribution < -0.4 is 10.4 Å². The molecule has 1 aliphatic heterocycles. The van der Waals surface area contributed by atoms with Crippen LogP contribution in [0.15, 0.2) is 15.3 Å². The zero-order valence-corrected chi connectivity index (χ0v) is 12.8. The maximum absolute atomic E-state index is 12.2. The van der Waals surface area contributed by atoms with Gasteiger partial charge in [-0.05, 0) is 70.1 Å². The van der Waals surface area contributed by atoms with Gasteiger partial charge in [-0.3, -0.25) is 0 Å². The van der Waals surface area contributed by atoms with Crippen LogP contribution in [0.3, 0.4) is 0 Å². The lowest BCUT2D eigenvalue weighted by Crippen LogP contribution is -2.33. The molecule has 0 spiro atoms. The van der Waals surface area contributed by atoms with E-state index in [4.69, 9.17) is 9.15 Å². The monoisotopic (exact) mass is 284 g/mol. The second-order valence-electron chi connectivity index (χ2n) is 6.93. The molecule has 0 saturated carbocycles. The summed E-state index contributed by atoms with van der Waals surface area (Å²) in [5.74, 6) is 0.917. The van der Waals surface area contributed by atoms with Crippen molar-refractivity contribution < 1.29 is 9.15 Å². The van der Waals surface area contributed by atoms with E-state index >= 15 is 0 Å². The van der Waals surface area contributed by atoms with Crippen molar-refractivity contribution in [3.8, 4) is 5.75 Å².